The van der Waals surface area contributed by atoms with Crippen molar-refractivity contribution in [3.8, 4) is 0 Å². The lowest BCUT2D eigenvalue weighted by Crippen LogP contribution is -2.60. The molecule has 1 aromatic rings. The summed E-state index contributed by atoms with van der Waals surface area (Å²) in [7, 11) is 0. The minimum absolute atomic E-state index is 0.516. The van der Waals surface area contributed by atoms with E-state index in [1.54, 1.807) is 0 Å². The summed E-state index contributed by atoms with van der Waals surface area (Å²) < 4.78 is 0.958. The zero-order chi connectivity index (χ0) is 14.9. The minimum Gasteiger partial charge on any atom is -0.365 e. The number of rotatable bonds is 3. The highest BCUT2D eigenvalue weighted by atomic mass is 79.9. The molecule has 112 valence electrons. The summed E-state index contributed by atoms with van der Waals surface area (Å²) in [5.41, 5.74) is 1.23. The molecule has 20 heavy (non-hydrogen) atoms. The van der Waals surface area contributed by atoms with Crippen LogP contribution in [0.3, 0.4) is 0 Å². The Morgan fingerprint density at radius 3 is 2.50 bits per heavy atom. The topological polar surface area (TPSA) is 15.3 Å². The molecule has 1 N–H and O–H groups in total. The Hall–Kier alpha value is -0.250. The predicted molar refractivity (Wildman–Crippen MR) is 91.8 cm³/mol. The maximum Gasteiger partial charge on any atom is 0.0568 e. The third-order valence-electron chi connectivity index (χ3n) is 4.19. The molecule has 2 nitrogen and oxygen atoms in total. The van der Waals surface area contributed by atoms with Gasteiger partial charge in [-0.05, 0) is 46.0 Å². The van der Waals surface area contributed by atoms with Crippen molar-refractivity contribution in [2.45, 2.75) is 39.8 Å². The predicted octanol–water partition coefficient (Wildman–Crippen LogP) is 4.56. The number of nitrogens with zero attached hydrogens (tertiary/aromatic N) is 1. The van der Waals surface area contributed by atoms with Crippen LogP contribution >= 0.6 is 27.5 Å². The molecule has 1 aromatic carbocycles. The van der Waals surface area contributed by atoms with E-state index in [0.29, 0.717) is 23.9 Å². The highest BCUT2D eigenvalue weighted by Gasteiger charge is 2.31. The van der Waals surface area contributed by atoms with Gasteiger partial charge in [0.2, 0.25) is 0 Å². The van der Waals surface area contributed by atoms with E-state index in [4.69, 9.17) is 11.6 Å². The Balaban J connectivity index is 2.28. The average molecular weight is 360 g/mol. The maximum absolute atomic E-state index is 6.27. The monoisotopic (exact) mass is 358 g/mol. The summed E-state index contributed by atoms with van der Waals surface area (Å²) in [6.45, 7) is 11.2. The number of hydrogen-bond donors (Lipinski definition) is 1. The van der Waals surface area contributed by atoms with Gasteiger partial charge in [-0.2, -0.15) is 0 Å². The van der Waals surface area contributed by atoms with Gasteiger partial charge in [-0.15, -0.1) is 0 Å². The summed E-state index contributed by atoms with van der Waals surface area (Å²) in [5, 5.41) is 4.47. The van der Waals surface area contributed by atoms with Gasteiger partial charge in [-0.1, -0.05) is 39.3 Å². The minimum atomic E-state index is 0.516. The Labute approximate surface area is 136 Å². The summed E-state index contributed by atoms with van der Waals surface area (Å²) in [5.74, 6) is 1.24. The molecule has 4 heteroatoms. The first-order valence-corrected chi connectivity index (χ1v) is 8.52. The van der Waals surface area contributed by atoms with Gasteiger partial charge in [0.25, 0.3) is 0 Å². The first-order valence-electron chi connectivity index (χ1n) is 7.35. The molecule has 0 aromatic heterocycles. The molecule has 1 aliphatic rings. The van der Waals surface area contributed by atoms with Crippen molar-refractivity contribution in [1.29, 1.82) is 0 Å². The van der Waals surface area contributed by atoms with Crippen LogP contribution in [-0.4, -0.2) is 25.2 Å². The molecule has 0 bridgehead atoms. The van der Waals surface area contributed by atoms with E-state index in [2.05, 4.69) is 66.0 Å². The van der Waals surface area contributed by atoms with Gasteiger partial charge in [-0.3, -0.25) is 0 Å². The largest absolute Gasteiger partial charge is 0.365 e. The molecule has 1 heterocycles. The van der Waals surface area contributed by atoms with E-state index in [9.17, 15) is 0 Å². The molecule has 0 saturated carbocycles. The van der Waals surface area contributed by atoms with Crippen LogP contribution in [0.5, 0.6) is 0 Å². The SMILES string of the molecule is CC(C)C1CN(c2ccc(Br)c(Cl)c2)C(C(C)C)CN1. The number of hydrogen-bond acceptors (Lipinski definition) is 2. The van der Waals surface area contributed by atoms with Crippen LogP contribution in [0.1, 0.15) is 27.7 Å². The number of piperazine rings is 1. The first kappa shape index (κ1) is 16.1. The van der Waals surface area contributed by atoms with Crippen molar-refractivity contribution in [3.05, 3.63) is 27.7 Å². The van der Waals surface area contributed by atoms with Crippen molar-refractivity contribution < 1.29 is 0 Å². The molecular formula is C16H24BrClN2. The van der Waals surface area contributed by atoms with Crippen LogP contribution < -0.4 is 10.2 Å². The van der Waals surface area contributed by atoms with Crippen LogP contribution in [-0.2, 0) is 0 Å². The highest BCUT2D eigenvalue weighted by molar-refractivity contribution is 9.10. The zero-order valence-corrected chi connectivity index (χ0v) is 15.0. The third-order valence-corrected chi connectivity index (χ3v) is 5.42. The van der Waals surface area contributed by atoms with Gasteiger partial charge in [0.15, 0.2) is 0 Å². The molecule has 1 aliphatic heterocycles. The quantitative estimate of drug-likeness (QED) is 0.851. The van der Waals surface area contributed by atoms with E-state index in [-0.39, 0.29) is 0 Å². The first-order chi connectivity index (χ1) is 9.40. The van der Waals surface area contributed by atoms with Gasteiger partial charge in [0, 0.05) is 35.3 Å². The Kier molecular flexibility index (Phi) is 5.38. The van der Waals surface area contributed by atoms with Crippen LogP contribution in [0.25, 0.3) is 0 Å². The fourth-order valence-electron chi connectivity index (χ4n) is 2.80. The van der Waals surface area contributed by atoms with E-state index in [1.807, 2.05) is 6.07 Å². The Morgan fingerprint density at radius 1 is 1.25 bits per heavy atom. The van der Waals surface area contributed by atoms with Crippen LogP contribution in [0.15, 0.2) is 22.7 Å². The van der Waals surface area contributed by atoms with Gasteiger partial charge >= 0.3 is 0 Å². The maximum atomic E-state index is 6.27. The Morgan fingerprint density at radius 2 is 1.95 bits per heavy atom. The number of nitrogens with one attached hydrogen (secondary N) is 1. The Bertz CT molecular complexity index is 462. The molecular weight excluding hydrogens is 336 g/mol. The second kappa shape index (κ2) is 6.67. The molecule has 0 spiro atoms. The van der Waals surface area contributed by atoms with Crippen molar-refractivity contribution >= 4 is 33.2 Å². The van der Waals surface area contributed by atoms with Crippen molar-refractivity contribution in [3.63, 3.8) is 0 Å². The molecule has 0 aliphatic carbocycles. The molecule has 0 radical (unpaired) electrons. The molecule has 1 fully saturated rings. The summed E-state index contributed by atoms with van der Waals surface area (Å²) in [6.07, 6.45) is 0. The third kappa shape index (κ3) is 3.49. The molecule has 1 saturated heterocycles. The van der Waals surface area contributed by atoms with Gasteiger partial charge in [0.1, 0.15) is 0 Å². The summed E-state index contributed by atoms with van der Waals surface area (Å²) >= 11 is 9.74. The fourth-order valence-corrected chi connectivity index (χ4v) is 3.22. The smallest absolute Gasteiger partial charge is 0.0568 e. The molecule has 2 rings (SSSR count). The lowest BCUT2D eigenvalue weighted by Gasteiger charge is -2.45. The molecule has 0 amide bonds. The van der Waals surface area contributed by atoms with Gasteiger partial charge in [0.05, 0.1) is 5.02 Å². The van der Waals surface area contributed by atoms with Crippen LogP contribution in [0.4, 0.5) is 5.69 Å². The number of benzene rings is 1. The van der Waals surface area contributed by atoms with Crippen molar-refractivity contribution in [2.24, 2.45) is 11.8 Å². The van der Waals surface area contributed by atoms with Gasteiger partial charge in [-0.25, -0.2) is 0 Å². The summed E-state index contributed by atoms with van der Waals surface area (Å²) in [4.78, 5) is 2.52. The highest BCUT2D eigenvalue weighted by Crippen LogP contribution is 2.31. The lowest BCUT2D eigenvalue weighted by molar-refractivity contribution is 0.295. The van der Waals surface area contributed by atoms with Crippen molar-refractivity contribution in [1.82, 2.24) is 5.32 Å². The van der Waals surface area contributed by atoms with Crippen molar-refractivity contribution in [2.75, 3.05) is 18.0 Å². The van der Waals surface area contributed by atoms with E-state index >= 15 is 0 Å². The van der Waals surface area contributed by atoms with E-state index in [1.165, 1.54) is 5.69 Å². The lowest BCUT2D eigenvalue weighted by atomic mass is 9.93. The molecule has 2 unspecified atom stereocenters. The normalized spacial score (nSPS) is 23.7. The van der Waals surface area contributed by atoms with E-state index < -0.39 is 0 Å². The zero-order valence-electron chi connectivity index (χ0n) is 12.7. The standard InChI is InChI=1S/C16H24BrClN2/c1-10(2)15-9-20(16(8-19-15)11(3)4)12-5-6-13(17)14(18)7-12/h5-7,10-11,15-16,19H,8-9H2,1-4H3. The van der Waals surface area contributed by atoms with Crippen LogP contribution in [0, 0.1) is 11.8 Å². The van der Waals surface area contributed by atoms with E-state index in [0.717, 1.165) is 22.6 Å². The summed E-state index contributed by atoms with van der Waals surface area (Å²) in [6, 6.07) is 7.33. The number of anilines is 1. The number of halogens is 2. The second-order valence-electron chi connectivity index (χ2n) is 6.32. The van der Waals surface area contributed by atoms with Gasteiger partial charge < -0.3 is 10.2 Å². The average Bonchev–Trinajstić information content (AvgIpc) is 2.41. The molecule has 2 atom stereocenters. The second-order valence-corrected chi connectivity index (χ2v) is 7.58. The van der Waals surface area contributed by atoms with Crippen LogP contribution in [0.2, 0.25) is 5.02 Å². The fraction of sp³-hybridized carbons (Fsp3) is 0.625.